The minimum Gasteiger partial charge on any atom is -0.211 e. The van der Waals surface area contributed by atoms with E-state index in [1.54, 1.807) is 12.2 Å². The molecule has 0 bridgehead atoms. The first-order chi connectivity index (χ1) is 12.7. The Morgan fingerprint density at radius 1 is 0.885 bits per heavy atom. The highest BCUT2D eigenvalue weighted by atomic mass is 16.1. The Morgan fingerprint density at radius 2 is 1.38 bits per heavy atom. The second-order valence-electron chi connectivity index (χ2n) is 5.92. The van der Waals surface area contributed by atoms with Crippen molar-refractivity contribution in [3.05, 3.63) is 95.6 Å². The zero-order valence-electron chi connectivity index (χ0n) is 14.6. The van der Waals surface area contributed by atoms with Crippen LogP contribution in [0.1, 0.15) is 24.5 Å². The number of aliphatic imine (C=N–C) groups is 2. The molecule has 26 heavy (non-hydrogen) atoms. The van der Waals surface area contributed by atoms with E-state index < -0.39 is 5.66 Å². The number of hydrogen-bond donors (Lipinski definition) is 0. The largest absolute Gasteiger partial charge is 0.237 e. The van der Waals surface area contributed by atoms with E-state index in [0.29, 0.717) is 6.42 Å². The standard InChI is InChI=1S/C13H12.C9H8N2O2/c1-3-7-12(8-4-1)11-13-9-5-2-6-10-13;1-8-2-4-9(5-3-8,10-6-12)11-7-13/h1-10H,11H2;2-4H,5H2,1H3. The maximum Gasteiger partial charge on any atom is 0.237 e. The third-order valence-corrected chi connectivity index (χ3v) is 3.91. The molecule has 0 radical (unpaired) electrons. The van der Waals surface area contributed by atoms with Crippen molar-refractivity contribution in [1.82, 2.24) is 0 Å². The van der Waals surface area contributed by atoms with Crippen LogP contribution in [0.2, 0.25) is 0 Å². The minimum atomic E-state index is -1.09. The Labute approximate surface area is 153 Å². The number of rotatable bonds is 4. The van der Waals surface area contributed by atoms with Gasteiger partial charge in [0.25, 0.3) is 0 Å². The van der Waals surface area contributed by atoms with Crippen LogP contribution in [0, 0.1) is 0 Å². The predicted octanol–water partition coefficient (Wildman–Crippen LogP) is 4.54. The fourth-order valence-corrected chi connectivity index (χ4v) is 2.49. The quantitative estimate of drug-likeness (QED) is 0.604. The first-order valence-electron chi connectivity index (χ1n) is 8.29. The van der Waals surface area contributed by atoms with Crippen molar-refractivity contribution in [3.8, 4) is 0 Å². The molecule has 1 aliphatic carbocycles. The maximum absolute atomic E-state index is 10.1. The molecular weight excluding hydrogens is 324 g/mol. The van der Waals surface area contributed by atoms with Crippen LogP contribution in [0.5, 0.6) is 0 Å². The van der Waals surface area contributed by atoms with E-state index in [0.717, 1.165) is 12.0 Å². The molecule has 0 amide bonds. The van der Waals surface area contributed by atoms with Crippen LogP contribution in [-0.2, 0) is 16.0 Å². The third kappa shape index (κ3) is 5.95. The van der Waals surface area contributed by atoms with Crippen molar-refractivity contribution in [2.75, 3.05) is 0 Å². The van der Waals surface area contributed by atoms with Gasteiger partial charge in [0.15, 0.2) is 5.66 Å². The summed E-state index contributed by atoms with van der Waals surface area (Å²) >= 11 is 0. The number of nitrogens with zero attached hydrogens (tertiary/aromatic N) is 2. The van der Waals surface area contributed by atoms with Crippen LogP contribution < -0.4 is 0 Å². The Bertz CT molecular complexity index is 802. The van der Waals surface area contributed by atoms with Crippen LogP contribution in [0.4, 0.5) is 0 Å². The van der Waals surface area contributed by atoms with Gasteiger partial charge in [-0.05, 0) is 30.5 Å². The molecule has 2 aromatic carbocycles. The van der Waals surface area contributed by atoms with Crippen LogP contribution in [-0.4, -0.2) is 17.8 Å². The summed E-state index contributed by atoms with van der Waals surface area (Å²) in [6.07, 6.45) is 9.43. The highest BCUT2D eigenvalue weighted by Crippen LogP contribution is 2.25. The van der Waals surface area contributed by atoms with Crippen LogP contribution in [0.15, 0.2) is 94.4 Å². The SMILES string of the molecule is CC1=CCC(N=C=O)(N=C=O)C=C1.c1ccc(Cc2ccccc2)cc1. The molecule has 0 spiro atoms. The fraction of sp³-hybridized carbons (Fsp3) is 0.182. The molecule has 3 rings (SSSR count). The van der Waals surface area contributed by atoms with Crippen LogP contribution in [0.25, 0.3) is 0 Å². The number of isocyanates is 2. The molecular formula is C22H20N2O2. The molecule has 0 saturated heterocycles. The Kier molecular flexibility index (Phi) is 7.20. The molecule has 2 aromatic rings. The number of allylic oxidation sites excluding steroid dienone is 2. The molecule has 4 heteroatoms. The van der Waals surface area contributed by atoms with Crippen molar-refractivity contribution in [2.24, 2.45) is 9.98 Å². The van der Waals surface area contributed by atoms with Gasteiger partial charge in [-0.15, -0.1) is 0 Å². The topological polar surface area (TPSA) is 58.9 Å². The molecule has 0 unspecified atom stereocenters. The van der Waals surface area contributed by atoms with Gasteiger partial charge in [0.2, 0.25) is 12.2 Å². The Hall–Kier alpha value is -3.32. The average Bonchev–Trinajstić information content (AvgIpc) is 2.67. The highest BCUT2D eigenvalue weighted by molar-refractivity contribution is 5.43. The zero-order chi connectivity index (χ0) is 18.7. The lowest BCUT2D eigenvalue weighted by molar-refractivity contribution is 0.512. The molecule has 1 aliphatic rings. The first kappa shape index (κ1) is 19.0. The van der Waals surface area contributed by atoms with E-state index in [1.807, 2.05) is 13.0 Å². The molecule has 130 valence electrons. The average molecular weight is 344 g/mol. The van der Waals surface area contributed by atoms with Gasteiger partial charge in [-0.1, -0.05) is 78.4 Å². The van der Waals surface area contributed by atoms with Crippen molar-refractivity contribution < 1.29 is 9.59 Å². The third-order valence-electron chi connectivity index (χ3n) is 3.91. The lowest BCUT2D eigenvalue weighted by Gasteiger charge is -2.18. The summed E-state index contributed by atoms with van der Waals surface area (Å²) in [5.41, 5.74) is 2.70. The van der Waals surface area contributed by atoms with Gasteiger partial charge in [-0.2, -0.15) is 9.98 Å². The van der Waals surface area contributed by atoms with E-state index in [4.69, 9.17) is 0 Å². The van der Waals surface area contributed by atoms with Gasteiger partial charge in [0.05, 0.1) is 0 Å². The van der Waals surface area contributed by atoms with Gasteiger partial charge in [0.1, 0.15) is 0 Å². The molecule has 0 heterocycles. The molecule has 4 nitrogen and oxygen atoms in total. The first-order valence-corrected chi connectivity index (χ1v) is 8.29. The molecule has 0 N–H and O–H groups in total. The highest BCUT2D eigenvalue weighted by Gasteiger charge is 2.26. The number of benzene rings is 2. The summed E-state index contributed by atoms with van der Waals surface area (Å²) in [6, 6.07) is 21.1. The van der Waals surface area contributed by atoms with Crippen LogP contribution in [0.3, 0.4) is 0 Å². The van der Waals surface area contributed by atoms with E-state index in [1.165, 1.54) is 23.3 Å². The number of carbonyl (C=O) groups excluding carboxylic acids is 2. The molecule has 0 aromatic heterocycles. The summed E-state index contributed by atoms with van der Waals surface area (Å²) in [6.45, 7) is 1.91. The van der Waals surface area contributed by atoms with Gasteiger partial charge in [0, 0.05) is 6.42 Å². The van der Waals surface area contributed by atoms with Crippen molar-refractivity contribution in [2.45, 2.75) is 25.4 Å². The lowest BCUT2D eigenvalue weighted by Crippen LogP contribution is -2.21. The maximum atomic E-state index is 10.1. The van der Waals surface area contributed by atoms with Crippen molar-refractivity contribution >= 4 is 12.2 Å². The normalized spacial score (nSPS) is 17.7. The molecule has 0 aliphatic heterocycles. The lowest BCUT2D eigenvalue weighted by atomic mass is 9.99. The summed E-state index contributed by atoms with van der Waals surface area (Å²) in [5.74, 6) is 0. The van der Waals surface area contributed by atoms with Gasteiger partial charge in [-0.3, -0.25) is 0 Å². The smallest absolute Gasteiger partial charge is 0.211 e. The summed E-state index contributed by atoms with van der Waals surface area (Å²) in [4.78, 5) is 27.1. The van der Waals surface area contributed by atoms with E-state index in [9.17, 15) is 9.59 Å². The zero-order valence-corrected chi connectivity index (χ0v) is 14.6. The predicted molar refractivity (Wildman–Crippen MR) is 102 cm³/mol. The molecule has 0 saturated carbocycles. The minimum absolute atomic E-state index is 0.403. The monoisotopic (exact) mass is 344 g/mol. The second-order valence-corrected chi connectivity index (χ2v) is 5.92. The Morgan fingerprint density at radius 3 is 1.77 bits per heavy atom. The fourth-order valence-electron chi connectivity index (χ4n) is 2.49. The van der Waals surface area contributed by atoms with E-state index >= 15 is 0 Å². The molecule has 0 atom stereocenters. The molecule has 0 fully saturated rings. The van der Waals surface area contributed by atoms with Gasteiger partial charge >= 0.3 is 0 Å². The Balaban J connectivity index is 0.000000187. The van der Waals surface area contributed by atoms with Crippen molar-refractivity contribution in [1.29, 1.82) is 0 Å². The summed E-state index contributed by atoms with van der Waals surface area (Å²) in [7, 11) is 0. The van der Waals surface area contributed by atoms with Crippen LogP contribution >= 0.6 is 0 Å². The van der Waals surface area contributed by atoms with Gasteiger partial charge < -0.3 is 0 Å². The van der Waals surface area contributed by atoms with E-state index in [2.05, 4.69) is 70.6 Å². The second kappa shape index (κ2) is 9.85. The van der Waals surface area contributed by atoms with E-state index in [-0.39, 0.29) is 0 Å². The summed E-state index contributed by atoms with van der Waals surface area (Å²) in [5, 5.41) is 0. The van der Waals surface area contributed by atoms with Gasteiger partial charge in [-0.25, -0.2) is 9.59 Å². The number of hydrogen-bond acceptors (Lipinski definition) is 4. The van der Waals surface area contributed by atoms with Crippen molar-refractivity contribution in [3.63, 3.8) is 0 Å². The summed E-state index contributed by atoms with van der Waals surface area (Å²) < 4.78 is 0.